The Bertz CT molecular complexity index is 981. The fourth-order valence-electron chi connectivity index (χ4n) is 5.76. The summed E-state index contributed by atoms with van der Waals surface area (Å²) in [5, 5.41) is 13.2. The minimum atomic E-state index is -0.674. The molecule has 0 radical (unpaired) electrons. The van der Waals surface area contributed by atoms with Crippen molar-refractivity contribution < 1.29 is 19.6 Å². The highest BCUT2D eigenvalue weighted by molar-refractivity contribution is 5.89. The Hall–Kier alpha value is -2.45. The van der Waals surface area contributed by atoms with E-state index in [4.69, 9.17) is 0 Å². The molecule has 212 valence electrons. The second-order valence-corrected chi connectivity index (χ2v) is 12.4. The number of hydroxylamine groups is 2. The van der Waals surface area contributed by atoms with Gasteiger partial charge in [-0.15, -0.1) is 0 Å². The molecule has 1 saturated heterocycles. The second kappa shape index (κ2) is 13.1. The third-order valence-corrected chi connectivity index (χ3v) is 8.36. The lowest BCUT2D eigenvalue weighted by atomic mass is 9.84. The van der Waals surface area contributed by atoms with E-state index < -0.39 is 17.4 Å². The molecule has 1 aromatic carbocycles. The van der Waals surface area contributed by atoms with Gasteiger partial charge in [0.1, 0.15) is 6.04 Å². The number of carbonyl (C=O) groups excluding carboxylic acids is 3. The van der Waals surface area contributed by atoms with Gasteiger partial charge in [0.15, 0.2) is 0 Å². The first-order chi connectivity index (χ1) is 17.9. The summed E-state index contributed by atoms with van der Waals surface area (Å²) < 4.78 is 0. The van der Waals surface area contributed by atoms with Crippen LogP contribution in [-0.4, -0.2) is 76.6 Å². The zero-order valence-corrected chi connectivity index (χ0v) is 24.3. The predicted octanol–water partition coefficient (Wildman–Crippen LogP) is 3.84. The summed E-state index contributed by atoms with van der Waals surface area (Å²) in [6.07, 6.45) is 5.47. The predicted molar refractivity (Wildman–Crippen MR) is 149 cm³/mol. The number of piperidine rings is 1. The van der Waals surface area contributed by atoms with E-state index in [-0.39, 0.29) is 18.4 Å². The van der Waals surface area contributed by atoms with Crippen molar-refractivity contribution in [2.24, 2.45) is 11.3 Å². The van der Waals surface area contributed by atoms with Gasteiger partial charge >= 0.3 is 0 Å². The van der Waals surface area contributed by atoms with Crippen LogP contribution < -0.4 is 5.32 Å². The van der Waals surface area contributed by atoms with Crippen LogP contribution >= 0.6 is 0 Å². The summed E-state index contributed by atoms with van der Waals surface area (Å²) in [5.74, 6) is -0.909. The van der Waals surface area contributed by atoms with Crippen LogP contribution in [0.2, 0.25) is 0 Å². The van der Waals surface area contributed by atoms with Gasteiger partial charge < -0.3 is 10.2 Å². The van der Waals surface area contributed by atoms with Crippen LogP contribution in [0.1, 0.15) is 82.1 Å². The molecule has 0 aromatic heterocycles. The van der Waals surface area contributed by atoms with E-state index in [0.29, 0.717) is 37.0 Å². The molecule has 1 aromatic rings. The Morgan fingerprint density at radius 1 is 1.13 bits per heavy atom. The molecule has 8 heteroatoms. The number of carbonyl (C=O) groups is 3. The summed E-state index contributed by atoms with van der Waals surface area (Å²) in [7, 11) is 0. The van der Waals surface area contributed by atoms with Gasteiger partial charge in [-0.2, -0.15) is 0 Å². The molecule has 3 amide bonds. The molecular weight excluding hydrogens is 480 g/mol. The highest BCUT2D eigenvalue weighted by Crippen LogP contribution is 2.29. The summed E-state index contributed by atoms with van der Waals surface area (Å²) in [6.45, 7) is 15.6. The fraction of sp³-hybridized carbons (Fsp3) is 0.700. The molecule has 8 nitrogen and oxygen atoms in total. The van der Waals surface area contributed by atoms with Crippen LogP contribution in [0, 0.1) is 25.2 Å². The van der Waals surface area contributed by atoms with Crippen LogP contribution in [0.15, 0.2) is 12.1 Å². The number of nitrogens with zero attached hydrogens (tertiary/aromatic N) is 3. The average molecular weight is 529 g/mol. The third-order valence-electron chi connectivity index (χ3n) is 8.36. The molecule has 3 rings (SSSR count). The summed E-state index contributed by atoms with van der Waals surface area (Å²) >= 11 is 0. The number of hydrogen-bond acceptors (Lipinski definition) is 5. The first-order valence-electron chi connectivity index (χ1n) is 14.3. The lowest BCUT2D eigenvalue weighted by Gasteiger charge is -2.43. The monoisotopic (exact) mass is 528 g/mol. The van der Waals surface area contributed by atoms with Crippen molar-refractivity contribution in [3.63, 3.8) is 0 Å². The highest BCUT2D eigenvalue weighted by atomic mass is 16.5. The van der Waals surface area contributed by atoms with Crippen molar-refractivity contribution in [2.75, 3.05) is 26.2 Å². The number of benzene rings is 1. The molecule has 1 fully saturated rings. The number of unbranched alkanes of at least 4 members (excludes halogenated alkanes) is 1. The van der Waals surface area contributed by atoms with Gasteiger partial charge in [0.2, 0.25) is 18.2 Å². The fourth-order valence-corrected chi connectivity index (χ4v) is 5.76. The smallest absolute Gasteiger partial charge is 0.245 e. The maximum atomic E-state index is 13.7. The Labute approximate surface area is 228 Å². The van der Waals surface area contributed by atoms with Gasteiger partial charge in [-0.3, -0.25) is 24.5 Å². The minimum absolute atomic E-state index is 0.0510. The quantitative estimate of drug-likeness (QED) is 0.274. The summed E-state index contributed by atoms with van der Waals surface area (Å²) in [6, 6.07) is 4.46. The Balaban J connectivity index is 1.62. The topological polar surface area (TPSA) is 93.2 Å². The molecular formula is C30H48N4O4. The number of rotatable bonds is 10. The van der Waals surface area contributed by atoms with Crippen molar-refractivity contribution in [2.45, 2.75) is 98.7 Å². The van der Waals surface area contributed by atoms with E-state index in [2.05, 4.69) is 36.2 Å². The lowest BCUT2D eigenvalue weighted by Crippen LogP contribution is -2.58. The lowest BCUT2D eigenvalue weighted by molar-refractivity contribution is -0.155. The maximum Gasteiger partial charge on any atom is 0.245 e. The first kappa shape index (κ1) is 30.1. The van der Waals surface area contributed by atoms with Crippen LogP contribution in [0.5, 0.6) is 0 Å². The molecule has 0 spiro atoms. The Kier molecular flexibility index (Phi) is 10.4. The van der Waals surface area contributed by atoms with Crippen LogP contribution in [-0.2, 0) is 27.3 Å². The van der Waals surface area contributed by atoms with Gasteiger partial charge in [-0.25, -0.2) is 5.06 Å². The number of aryl methyl sites for hydroxylation is 2. The molecule has 0 saturated carbocycles. The van der Waals surface area contributed by atoms with E-state index in [1.165, 1.54) is 22.3 Å². The van der Waals surface area contributed by atoms with E-state index in [9.17, 15) is 19.6 Å². The van der Waals surface area contributed by atoms with Crippen molar-refractivity contribution in [1.29, 1.82) is 0 Å². The van der Waals surface area contributed by atoms with E-state index in [1.807, 2.05) is 32.6 Å². The molecule has 0 aliphatic carbocycles. The van der Waals surface area contributed by atoms with Gasteiger partial charge in [0, 0.05) is 32.2 Å². The van der Waals surface area contributed by atoms with Crippen LogP contribution in [0.3, 0.4) is 0 Å². The molecule has 0 bridgehead atoms. The molecule has 2 atom stereocenters. The van der Waals surface area contributed by atoms with Gasteiger partial charge in [-0.05, 0) is 67.2 Å². The number of amides is 3. The van der Waals surface area contributed by atoms with Crippen molar-refractivity contribution in [3.05, 3.63) is 34.4 Å². The van der Waals surface area contributed by atoms with Gasteiger partial charge in [0.25, 0.3) is 0 Å². The standard InChI is InChI=1S/C30H48N4O4/c1-7-8-9-24(19-34(38)20-35)28(36)31-27(30(4,5)6)29(37)32-14-11-26(12-15-32)33-13-10-23-16-21(2)22(3)17-25(23)18-33/h16-17,20,24,26-27,38H,7-15,18-19H2,1-6H3,(H,31,36)/t24-,27-/m1/s1. The number of nitrogens with one attached hydrogen (secondary N) is 1. The number of fused-ring (bicyclic) bond motifs is 1. The van der Waals surface area contributed by atoms with Crippen molar-refractivity contribution in [3.8, 4) is 0 Å². The number of hydrogen-bond donors (Lipinski definition) is 2. The average Bonchev–Trinajstić information content (AvgIpc) is 2.88. The molecule has 2 heterocycles. The Morgan fingerprint density at radius 2 is 1.76 bits per heavy atom. The third kappa shape index (κ3) is 7.56. The second-order valence-electron chi connectivity index (χ2n) is 12.4. The van der Waals surface area contributed by atoms with E-state index >= 15 is 0 Å². The summed E-state index contributed by atoms with van der Waals surface area (Å²) in [4.78, 5) is 42.3. The highest BCUT2D eigenvalue weighted by Gasteiger charge is 2.39. The van der Waals surface area contributed by atoms with Gasteiger partial charge in [-0.1, -0.05) is 52.7 Å². The molecule has 0 unspecified atom stereocenters. The maximum absolute atomic E-state index is 13.7. The number of likely N-dealkylation sites (tertiary alicyclic amines) is 1. The van der Waals surface area contributed by atoms with Crippen LogP contribution in [0.4, 0.5) is 0 Å². The zero-order chi connectivity index (χ0) is 28.0. The minimum Gasteiger partial charge on any atom is -0.344 e. The Morgan fingerprint density at radius 3 is 2.34 bits per heavy atom. The van der Waals surface area contributed by atoms with Crippen molar-refractivity contribution in [1.82, 2.24) is 20.2 Å². The zero-order valence-electron chi connectivity index (χ0n) is 24.3. The largest absolute Gasteiger partial charge is 0.344 e. The van der Waals surface area contributed by atoms with Crippen molar-refractivity contribution >= 4 is 18.2 Å². The molecule has 2 N–H and O–H groups in total. The summed E-state index contributed by atoms with van der Waals surface area (Å²) in [5.41, 5.74) is 5.13. The molecule has 2 aliphatic rings. The first-order valence-corrected chi connectivity index (χ1v) is 14.3. The normalized spacial score (nSPS) is 18.4. The van der Waals surface area contributed by atoms with Gasteiger partial charge in [0.05, 0.1) is 12.5 Å². The molecule has 2 aliphatic heterocycles. The SMILES string of the molecule is CCCC[C@H](CN(O)C=O)C(=O)N[C@H](C(=O)N1CCC(N2CCc3cc(C)c(C)cc3C2)CC1)C(C)(C)C. The van der Waals surface area contributed by atoms with Crippen LogP contribution in [0.25, 0.3) is 0 Å². The van der Waals surface area contributed by atoms with E-state index in [1.54, 1.807) is 0 Å². The molecule has 38 heavy (non-hydrogen) atoms. The van der Waals surface area contributed by atoms with E-state index in [0.717, 1.165) is 45.2 Å².